The Labute approximate surface area is 98.8 Å². The molecule has 0 fully saturated rings. The highest BCUT2D eigenvalue weighted by atomic mass is 16.5. The molecule has 1 aliphatic rings. The molecule has 1 aromatic carbocycles. The summed E-state index contributed by atoms with van der Waals surface area (Å²) in [5.41, 5.74) is 1.22. The van der Waals surface area contributed by atoms with Gasteiger partial charge in [-0.2, -0.15) is 5.26 Å². The molecule has 5 nitrogen and oxygen atoms in total. The highest BCUT2D eigenvalue weighted by Gasteiger charge is 2.31. The van der Waals surface area contributed by atoms with Crippen molar-refractivity contribution < 1.29 is 14.6 Å². The van der Waals surface area contributed by atoms with Crippen LogP contribution in [0.4, 0.5) is 5.69 Å². The number of amides is 1. The maximum atomic E-state index is 11.9. The summed E-state index contributed by atoms with van der Waals surface area (Å²) in [6.45, 7) is 1.52. The number of fused-ring (bicyclic) bond motifs is 1. The van der Waals surface area contributed by atoms with Crippen molar-refractivity contribution in [1.82, 2.24) is 0 Å². The second kappa shape index (κ2) is 4.44. The standard InChI is InChI=1S/C12H12N2O3/c1-8-12(16)14(5-4-13)10-6-9(7-15)2-3-11(10)17-8/h2-3,6,8,15H,5,7H2,1H3. The summed E-state index contributed by atoms with van der Waals surface area (Å²) in [6.07, 6.45) is -0.587. The van der Waals surface area contributed by atoms with Crippen LogP contribution in [-0.4, -0.2) is 23.7 Å². The fourth-order valence-electron chi connectivity index (χ4n) is 1.78. The zero-order valence-electron chi connectivity index (χ0n) is 9.38. The zero-order valence-corrected chi connectivity index (χ0v) is 9.38. The number of nitrogens with zero attached hydrogens (tertiary/aromatic N) is 2. The third kappa shape index (κ3) is 1.95. The van der Waals surface area contributed by atoms with Gasteiger partial charge in [-0.05, 0) is 24.6 Å². The van der Waals surface area contributed by atoms with Gasteiger partial charge in [0.25, 0.3) is 5.91 Å². The molecule has 1 aromatic rings. The van der Waals surface area contributed by atoms with E-state index in [1.54, 1.807) is 25.1 Å². The molecular weight excluding hydrogens is 220 g/mol. The summed E-state index contributed by atoms with van der Waals surface area (Å²) in [7, 11) is 0. The molecule has 1 N–H and O–H groups in total. The molecule has 0 saturated carbocycles. The van der Waals surface area contributed by atoms with Gasteiger partial charge in [-0.25, -0.2) is 0 Å². The summed E-state index contributed by atoms with van der Waals surface area (Å²) in [5, 5.41) is 17.8. The zero-order chi connectivity index (χ0) is 12.4. The SMILES string of the molecule is CC1Oc2ccc(CO)cc2N(CC#N)C1=O. The number of ether oxygens (including phenoxy) is 1. The van der Waals surface area contributed by atoms with Gasteiger partial charge in [-0.15, -0.1) is 0 Å². The van der Waals surface area contributed by atoms with Crippen molar-refractivity contribution in [3.8, 4) is 11.8 Å². The van der Waals surface area contributed by atoms with Crippen LogP contribution < -0.4 is 9.64 Å². The average molecular weight is 232 g/mol. The van der Waals surface area contributed by atoms with E-state index in [1.807, 2.05) is 6.07 Å². The van der Waals surface area contributed by atoms with E-state index in [0.29, 0.717) is 17.0 Å². The topological polar surface area (TPSA) is 73.6 Å². The van der Waals surface area contributed by atoms with Crippen LogP contribution in [0.5, 0.6) is 5.75 Å². The summed E-state index contributed by atoms with van der Waals surface area (Å²) >= 11 is 0. The van der Waals surface area contributed by atoms with Crippen LogP contribution in [-0.2, 0) is 11.4 Å². The van der Waals surface area contributed by atoms with Crippen molar-refractivity contribution in [2.75, 3.05) is 11.4 Å². The van der Waals surface area contributed by atoms with E-state index in [4.69, 9.17) is 15.1 Å². The normalized spacial score (nSPS) is 18.3. The molecule has 2 rings (SSSR count). The van der Waals surface area contributed by atoms with E-state index >= 15 is 0 Å². The molecule has 17 heavy (non-hydrogen) atoms. The Morgan fingerprint density at radius 2 is 2.35 bits per heavy atom. The Morgan fingerprint density at radius 3 is 3.00 bits per heavy atom. The van der Waals surface area contributed by atoms with E-state index in [-0.39, 0.29) is 19.1 Å². The predicted molar refractivity (Wildman–Crippen MR) is 60.4 cm³/mol. The van der Waals surface area contributed by atoms with Crippen LogP contribution in [0.15, 0.2) is 18.2 Å². The molecule has 0 radical (unpaired) electrons. The van der Waals surface area contributed by atoms with Gasteiger partial charge in [0.1, 0.15) is 12.3 Å². The van der Waals surface area contributed by atoms with E-state index in [1.165, 1.54) is 4.90 Å². The average Bonchev–Trinajstić information content (AvgIpc) is 2.34. The van der Waals surface area contributed by atoms with Crippen molar-refractivity contribution in [3.63, 3.8) is 0 Å². The molecule has 0 aliphatic carbocycles. The summed E-state index contributed by atoms with van der Waals surface area (Å²) < 4.78 is 5.44. The number of hydrogen-bond donors (Lipinski definition) is 1. The lowest BCUT2D eigenvalue weighted by Gasteiger charge is -2.31. The molecular formula is C12H12N2O3. The lowest BCUT2D eigenvalue weighted by Crippen LogP contribution is -2.44. The Hall–Kier alpha value is -2.06. The lowest BCUT2D eigenvalue weighted by molar-refractivity contribution is -0.125. The van der Waals surface area contributed by atoms with Crippen LogP contribution >= 0.6 is 0 Å². The highest BCUT2D eigenvalue weighted by Crippen LogP contribution is 2.34. The fraction of sp³-hybridized carbons (Fsp3) is 0.333. The molecule has 1 amide bonds. The molecule has 88 valence electrons. The molecule has 1 unspecified atom stereocenters. The van der Waals surface area contributed by atoms with Crippen molar-refractivity contribution in [2.45, 2.75) is 19.6 Å². The molecule has 1 atom stereocenters. The summed E-state index contributed by atoms with van der Waals surface area (Å²) in [4.78, 5) is 13.2. The van der Waals surface area contributed by atoms with Crippen molar-refractivity contribution in [1.29, 1.82) is 5.26 Å². The van der Waals surface area contributed by atoms with Crippen molar-refractivity contribution in [2.24, 2.45) is 0 Å². The molecule has 0 bridgehead atoms. The predicted octanol–water partition coefficient (Wildman–Crippen LogP) is 0.816. The molecule has 0 spiro atoms. The van der Waals surface area contributed by atoms with Crippen LogP contribution in [0, 0.1) is 11.3 Å². The fourth-order valence-corrected chi connectivity index (χ4v) is 1.78. The molecule has 5 heteroatoms. The van der Waals surface area contributed by atoms with Crippen LogP contribution in [0.25, 0.3) is 0 Å². The molecule has 1 aliphatic heterocycles. The van der Waals surface area contributed by atoms with E-state index in [2.05, 4.69) is 0 Å². The first kappa shape index (κ1) is 11.4. The first-order chi connectivity index (χ1) is 8.17. The number of benzene rings is 1. The van der Waals surface area contributed by atoms with Gasteiger partial charge in [0.05, 0.1) is 18.4 Å². The second-order valence-corrected chi connectivity index (χ2v) is 3.80. The van der Waals surface area contributed by atoms with Gasteiger partial charge in [0.15, 0.2) is 6.10 Å². The van der Waals surface area contributed by atoms with E-state index < -0.39 is 6.10 Å². The van der Waals surface area contributed by atoms with E-state index in [0.717, 1.165) is 0 Å². The number of aliphatic hydroxyl groups excluding tert-OH is 1. The number of hydrogen-bond acceptors (Lipinski definition) is 4. The second-order valence-electron chi connectivity index (χ2n) is 3.80. The monoisotopic (exact) mass is 232 g/mol. The minimum absolute atomic E-state index is 0.0194. The number of nitriles is 1. The van der Waals surface area contributed by atoms with Gasteiger partial charge >= 0.3 is 0 Å². The Balaban J connectivity index is 2.48. The van der Waals surface area contributed by atoms with Gasteiger partial charge in [0, 0.05) is 0 Å². The van der Waals surface area contributed by atoms with Crippen LogP contribution in [0.1, 0.15) is 12.5 Å². The molecule has 0 aromatic heterocycles. The summed E-state index contributed by atoms with van der Waals surface area (Å²) in [6, 6.07) is 7.05. The van der Waals surface area contributed by atoms with Crippen molar-refractivity contribution in [3.05, 3.63) is 23.8 Å². The summed E-state index contributed by atoms with van der Waals surface area (Å²) in [5.74, 6) is 0.318. The quantitative estimate of drug-likeness (QED) is 0.766. The van der Waals surface area contributed by atoms with Gasteiger partial charge < -0.3 is 9.84 Å². The minimum Gasteiger partial charge on any atom is -0.479 e. The van der Waals surface area contributed by atoms with Crippen LogP contribution in [0.2, 0.25) is 0 Å². The van der Waals surface area contributed by atoms with Crippen molar-refractivity contribution >= 4 is 11.6 Å². The Kier molecular flexibility index (Phi) is 2.98. The van der Waals surface area contributed by atoms with Gasteiger partial charge in [-0.1, -0.05) is 6.07 Å². The third-order valence-corrected chi connectivity index (χ3v) is 2.64. The number of carbonyl (C=O) groups excluding carboxylic acids is 1. The maximum absolute atomic E-state index is 11.9. The van der Waals surface area contributed by atoms with Gasteiger partial charge in [0.2, 0.25) is 0 Å². The third-order valence-electron chi connectivity index (χ3n) is 2.64. The minimum atomic E-state index is -0.587. The van der Waals surface area contributed by atoms with E-state index in [9.17, 15) is 4.79 Å². The number of anilines is 1. The first-order valence-electron chi connectivity index (χ1n) is 5.26. The lowest BCUT2D eigenvalue weighted by atomic mass is 10.1. The molecule has 0 saturated heterocycles. The molecule has 1 heterocycles. The smallest absolute Gasteiger partial charge is 0.268 e. The number of rotatable bonds is 2. The van der Waals surface area contributed by atoms with Crippen LogP contribution in [0.3, 0.4) is 0 Å². The highest BCUT2D eigenvalue weighted by molar-refractivity contribution is 6.00. The Bertz CT molecular complexity index is 493. The first-order valence-corrected chi connectivity index (χ1v) is 5.26. The number of carbonyl (C=O) groups is 1. The largest absolute Gasteiger partial charge is 0.479 e. The Morgan fingerprint density at radius 1 is 1.59 bits per heavy atom. The van der Waals surface area contributed by atoms with Gasteiger partial charge in [-0.3, -0.25) is 9.69 Å². The maximum Gasteiger partial charge on any atom is 0.268 e. The number of aliphatic hydroxyl groups is 1.